The van der Waals surface area contributed by atoms with Crippen molar-refractivity contribution in [2.24, 2.45) is 5.73 Å². The lowest BCUT2D eigenvalue weighted by Crippen LogP contribution is -2.47. The van der Waals surface area contributed by atoms with Gasteiger partial charge in [0.05, 0.1) is 5.52 Å². The number of halogens is 3. The fourth-order valence-electron chi connectivity index (χ4n) is 4.53. The second-order valence-corrected chi connectivity index (χ2v) is 9.43. The van der Waals surface area contributed by atoms with Crippen molar-refractivity contribution >= 4 is 50.1 Å². The van der Waals surface area contributed by atoms with Gasteiger partial charge in [-0.1, -0.05) is 34.1 Å². The molecule has 2 amide bonds. The van der Waals surface area contributed by atoms with Crippen LogP contribution in [-0.2, 0) is 0 Å². The van der Waals surface area contributed by atoms with Gasteiger partial charge in [0.25, 0.3) is 0 Å². The predicted octanol–water partition coefficient (Wildman–Crippen LogP) is 5.65. The second kappa shape index (κ2) is 9.51. The first-order chi connectivity index (χ1) is 15.7. The third-order valence-corrected chi connectivity index (χ3v) is 6.51. The Labute approximate surface area is 199 Å². The highest BCUT2D eigenvalue weighted by Gasteiger charge is 2.32. The number of rotatable bonds is 5. The molecule has 1 saturated carbocycles. The van der Waals surface area contributed by atoms with Crippen LogP contribution >= 0.6 is 15.9 Å². The van der Waals surface area contributed by atoms with Crippen LogP contribution in [0.25, 0.3) is 10.9 Å². The van der Waals surface area contributed by atoms with Crippen LogP contribution in [0.3, 0.4) is 0 Å². The lowest BCUT2D eigenvalue weighted by molar-refractivity contribution is 0.248. The molecule has 0 aliphatic heterocycles. The number of urea groups is 1. The predicted molar refractivity (Wildman–Crippen MR) is 132 cm³/mol. The molecule has 0 bridgehead atoms. The largest absolute Gasteiger partial charge is 0.377 e. The van der Waals surface area contributed by atoms with Crippen LogP contribution in [0, 0.1) is 11.6 Å². The van der Waals surface area contributed by atoms with Gasteiger partial charge in [-0.15, -0.1) is 0 Å². The minimum atomic E-state index is -0.863. The molecule has 0 atom stereocenters. The van der Waals surface area contributed by atoms with E-state index in [0.29, 0.717) is 25.7 Å². The van der Waals surface area contributed by atoms with Gasteiger partial charge < -0.3 is 16.0 Å². The highest BCUT2D eigenvalue weighted by molar-refractivity contribution is 9.10. The molecule has 0 radical (unpaired) electrons. The van der Waals surface area contributed by atoms with Crippen LogP contribution in [0.4, 0.5) is 30.8 Å². The molecule has 1 aromatic heterocycles. The summed E-state index contributed by atoms with van der Waals surface area (Å²) in [5.74, 6) is -0.868. The molecule has 1 aliphatic rings. The van der Waals surface area contributed by atoms with Gasteiger partial charge in [0.1, 0.15) is 11.5 Å². The van der Waals surface area contributed by atoms with Crippen molar-refractivity contribution in [2.45, 2.75) is 37.8 Å². The van der Waals surface area contributed by atoms with Gasteiger partial charge in [-0.2, -0.15) is 0 Å². The maximum absolute atomic E-state index is 14.5. The number of hydrogen-bond donors (Lipinski definition) is 2. The molecule has 0 unspecified atom stereocenters. The first-order valence-electron chi connectivity index (χ1n) is 10.8. The number of nitrogens with one attached hydrogen (secondary N) is 1. The number of fused-ring (bicyclic) bond motifs is 1. The monoisotopic (exact) mass is 517 g/mol. The Bertz CT molecular complexity index is 1160. The molecule has 4 rings (SSSR count). The number of benzene rings is 2. The van der Waals surface area contributed by atoms with Crippen LogP contribution in [0.15, 0.2) is 46.9 Å². The standard InChI is InChI=1S/C24H26BrF2N5O/c1-31(2)21-13-22(30-20-6-4-3-5-17(20)21)29-15-7-9-16(10-8-15)32(24(28)33)23-18(26)11-14(25)12-19(23)27/h3-6,11-13,15-16H,7-10H2,1-2H3,(H2,28,33)(H,29,30). The number of primary amides is 1. The molecule has 6 nitrogen and oxygen atoms in total. The van der Waals surface area contributed by atoms with Crippen LogP contribution in [-0.4, -0.2) is 37.2 Å². The van der Waals surface area contributed by atoms with E-state index in [0.717, 1.165) is 39.4 Å². The van der Waals surface area contributed by atoms with E-state index in [1.165, 1.54) is 0 Å². The number of hydrogen-bond acceptors (Lipinski definition) is 4. The van der Waals surface area contributed by atoms with Crippen LogP contribution in [0.1, 0.15) is 25.7 Å². The van der Waals surface area contributed by atoms with Crippen LogP contribution in [0.2, 0.25) is 0 Å². The minimum absolute atomic E-state index is 0.124. The average molecular weight is 518 g/mol. The molecule has 1 fully saturated rings. The van der Waals surface area contributed by atoms with Gasteiger partial charge >= 0.3 is 6.03 Å². The zero-order chi connectivity index (χ0) is 23.7. The molecule has 0 saturated heterocycles. The van der Waals surface area contributed by atoms with Gasteiger partial charge in [0.15, 0.2) is 11.6 Å². The molecule has 0 spiro atoms. The fraction of sp³-hybridized carbons (Fsp3) is 0.333. The van der Waals surface area contributed by atoms with Crippen LogP contribution < -0.4 is 20.9 Å². The number of para-hydroxylation sites is 1. The summed E-state index contributed by atoms with van der Waals surface area (Å²) in [4.78, 5) is 20.0. The van der Waals surface area contributed by atoms with E-state index in [9.17, 15) is 13.6 Å². The third kappa shape index (κ3) is 4.88. The summed E-state index contributed by atoms with van der Waals surface area (Å²) >= 11 is 3.07. The van der Waals surface area contributed by atoms with Gasteiger partial charge in [-0.3, -0.25) is 4.90 Å². The lowest BCUT2D eigenvalue weighted by Gasteiger charge is -2.36. The zero-order valence-corrected chi connectivity index (χ0v) is 20.1. The van der Waals surface area contributed by atoms with Crippen molar-refractivity contribution in [1.82, 2.24) is 4.98 Å². The van der Waals surface area contributed by atoms with Crippen molar-refractivity contribution in [1.29, 1.82) is 0 Å². The normalized spacial score (nSPS) is 18.2. The molecule has 9 heteroatoms. The van der Waals surface area contributed by atoms with Gasteiger partial charge in [-0.05, 0) is 43.9 Å². The van der Waals surface area contributed by atoms with E-state index in [4.69, 9.17) is 10.7 Å². The maximum atomic E-state index is 14.5. The SMILES string of the molecule is CN(C)c1cc(NC2CCC(N(C(N)=O)c3c(F)cc(Br)cc3F)CC2)nc2ccccc12. The maximum Gasteiger partial charge on any atom is 0.319 e. The van der Waals surface area contributed by atoms with Gasteiger partial charge in [0.2, 0.25) is 0 Å². The van der Waals surface area contributed by atoms with E-state index >= 15 is 0 Å². The highest BCUT2D eigenvalue weighted by atomic mass is 79.9. The first-order valence-corrected chi connectivity index (χ1v) is 11.6. The topological polar surface area (TPSA) is 74.5 Å². The summed E-state index contributed by atoms with van der Waals surface area (Å²) in [6.45, 7) is 0. The quantitative estimate of drug-likeness (QED) is 0.458. The summed E-state index contributed by atoms with van der Waals surface area (Å²) < 4.78 is 29.3. The minimum Gasteiger partial charge on any atom is -0.377 e. The Morgan fingerprint density at radius 3 is 2.33 bits per heavy atom. The molecule has 3 N–H and O–H groups in total. The number of carbonyl (C=O) groups is 1. The fourth-order valence-corrected chi connectivity index (χ4v) is 4.93. The van der Waals surface area contributed by atoms with E-state index in [-0.39, 0.29) is 16.6 Å². The smallest absolute Gasteiger partial charge is 0.319 e. The summed E-state index contributed by atoms with van der Waals surface area (Å²) in [5, 5.41) is 4.58. The lowest BCUT2D eigenvalue weighted by atomic mass is 9.89. The van der Waals surface area contributed by atoms with Crippen molar-refractivity contribution in [3.8, 4) is 0 Å². The molecule has 3 aromatic rings. The zero-order valence-electron chi connectivity index (χ0n) is 18.5. The molecule has 1 heterocycles. The molecule has 174 valence electrons. The number of anilines is 3. The Morgan fingerprint density at radius 1 is 1.09 bits per heavy atom. The number of aromatic nitrogens is 1. The number of pyridine rings is 1. The Balaban J connectivity index is 1.50. The summed E-state index contributed by atoms with van der Waals surface area (Å²) in [6.07, 6.45) is 2.54. The Morgan fingerprint density at radius 2 is 1.73 bits per heavy atom. The van der Waals surface area contributed by atoms with Crippen molar-refractivity contribution < 1.29 is 13.6 Å². The van der Waals surface area contributed by atoms with Crippen molar-refractivity contribution in [3.05, 3.63) is 58.6 Å². The van der Waals surface area contributed by atoms with E-state index in [2.05, 4.69) is 26.1 Å². The molecule has 33 heavy (non-hydrogen) atoms. The molecular formula is C24H26BrF2N5O. The molecular weight excluding hydrogens is 492 g/mol. The van der Waals surface area contributed by atoms with Gasteiger partial charge in [0, 0.05) is 47.8 Å². The summed E-state index contributed by atoms with van der Waals surface area (Å²) in [7, 11) is 3.99. The number of nitrogens with zero attached hydrogens (tertiary/aromatic N) is 3. The second-order valence-electron chi connectivity index (χ2n) is 8.51. The Hall–Kier alpha value is -2.94. The third-order valence-electron chi connectivity index (χ3n) is 6.05. The van der Waals surface area contributed by atoms with Crippen molar-refractivity contribution in [3.63, 3.8) is 0 Å². The average Bonchev–Trinajstić information content (AvgIpc) is 2.76. The number of carbonyl (C=O) groups excluding carboxylic acids is 1. The first kappa shape index (κ1) is 23.2. The highest BCUT2D eigenvalue weighted by Crippen LogP contribution is 2.34. The van der Waals surface area contributed by atoms with E-state index in [1.807, 2.05) is 44.4 Å². The molecule has 1 aliphatic carbocycles. The number of nitrogens with two attached hydrogens (primary N) is 1. The number of amides is 2. The summed E-state index contributed by atoms with van der Waals surface area (Å²) in [6, 6.07) is 11.2. The van der Waals surface area contributed by atoms with E-state index in [1.54, 1.807) is 0 Å². The molecule has 2 aromatic carbocycles. The van der Waals surface area contributed by atoms with E-state index < -0.39 is 23.4 Å². The van der Waals surface area contributed by atoms with Crippen molar-refractivity contribution in [2.75, 3.05) is 29.2 Å². The Kier molecular flexibility index (Phi) is 6.69. The summed E-state index contributed by atoms with van der Waals surface area (Å²) in [5.41, 5.74) is 7.12. The van der Waals surface area contributed by atoms with Gasteiger partial charge in [-0.25, -0.2) is 18.6 Å². The van der Waals surface area contributed by atoms with Crippen LogP contribution in [0.5, 0.6) is 0 Å².